The lowest BCUT2D eigenvalue weighted by atomic mass is 9.90. The van der Waals surface area contributed by atoms with Gasteiger partial charge in [-0.1, -0.05) is 148 Å². The molecule has 0 aliphatic heterocycles. The molecule has 0 aliphatic rings. The van der Waals surface area contributed by atoms with Gasteiger partial charge in [0.1, 0.15) is 0 Å². The number of nitrogens with one attached hydrogen (secondary N) is 2. The van der Waals surface area contributed by atoms with Gasteiger partial charge in [-0.2, -0.15) is 0 Å². The standard InChI is InChI=1S/C40H49N3O2/c41-36-28-26-32(27-29-36)31-37(33-19-11-8-12-20-33)43-38(44)25-17-6-4-2-1-3-5-7-18-30-42-40(45)39(34-21-13-9-14-22-34)35-23-15-10-16-24-35/h8-16,19-24,26-29,37,39H,1-7,17-18,25,30-31,41H2,(H,42,45)(H,43,44). The van der Waals surface area contributed by atoms with E-state index in [9.17, 15) is 9.59 Å². The lowest BCUT2D eigenvalue weighted by Crippen LogP contribution is -2.30. The van der Waals surface area contributed by atoms with Crippen molar-refractivity contribution in [3.63, 3.8) is 0 Å². The number of anilines is 1. The van der Waals surface area contributed by atoms with Gasteiger partial charge in [0.05, 0.1) is 12.0 Å². The van der Waals surface area contributed by atoms with Crippen LogP contribution in [0.5, 0.6) is 0 Å². The van der Waals surface area contributed by atoms with Crippen molar-refractivity contribution in [1.82, 2.24) is 10.6 Å². The summed E-state index contributed by atoms with van der Waals surface area (Å²) in [6.07, 6.45) is 11.4. The van der Waals surface area contributed by atoms with E-state index in [0.717, 1.165) is 66.5 Å². The molecule has 4 rings (SSSR count). The van der Waals surface area contributed by atoms with Crippen molar-refractivity contribution in [2.75, 3.05) is 12.3 Å². The van der Waals surface area contributed by atoms with Gasteiger partial charge in [0.25, 0.3) is 0 Å². The fourth-order valence-corrected chi connectivity index (χ4v) is 5.84. The third kappa shape index (κ3) is 11.9. The molecule has 0 aromatic heterocycles. The highest BCUT2D eigenvalue weighted by molar-refractivity contribution is 5.87. The molecule has 0 saturated heterocycles. The summed E-state index contributed by atoms with van der Waals surface area (Å²) in [4.78, 5) is 25.9. The average molecular weight is 604 g/mol. The first-order valence-corrected chi connectivity index (χ1v) is 16.7. The van der Waals surface area contributed by atoms with Crippen molar-refractivity contribution >= 4 is 17.5 Å². The smallest absolute Gasteiger partial charge is 0.232 e. The zero-order valence-electron chi connectivity index (χ0n) is 26.5. The fraction of sp³-hybridized carbons (Fsp3) is 0.350. The molecule has 4 N–H and O–H groups in total. The van der Waals surface area contributed by atoms with Crippen LogP contribution >= 0.6 is 0 Å². The van der Waals surface area contributed by atoms with Crippen LogP contribution in [-0.2, 0) is 16.0 Å². The Labute approximate surface area is 269 Å². The van der Waals surface area contributed by atoms with Crippen LogP contribution in [0.2, 0.25) is 0 Å². The molecule has 0 radical (unpaired) electrons. The minimum atomic E-state index is -0.279. The number of hydrogen-bond acceptors (Lipinski definition) is 3. The van der Waals surface area contributed by atoms with Crippen LogP contribution in [0, 0.1) is 0 Å². The van der Waals surface area contributed by atoms with Crippen molar-refractivity contribution in [2.24, 2.45) is 0 Å². The average Bonchev–Trinajstić information content (AvgIpc) is 3.07. The summed E-state index contributed by atoms with van der Waals surface area (Å²) in [6.45, 7) is 0.710. The van der Waals surface area contributed by atoms with E-state index in [0.29, 0.717) is 13.0 Å². The molecule has 1 atom stereocenters. The maximum Gasteiger partial charge on any atom is 0.232 e. The molecule has 4 aromatic carbocycles. The molecule has 2 amide bonds. The van der Waals surface area contributed by atoms with E-state index < -0.39 is 0 Å². The SMILES string of the molecule is Nc1ccc(CC(NC(=O)CCCCCCCCCCCNC(=O)C(c2ccccc2)c2ccccc2)c2ccccc2)cc1. The minimum Gasteiger partial charge on any atom is -0.399 e. The van der Waals surface area contributed by atoms with Crippen molar-refractivity contribution in [3.8, 4) is 0 Å². The largest absolute Gasteiger partial charge is 0.399 e. The summed E-state index contributed by atoms with van der Waals surface area (Å²) in [5, 5.41) is 6.44. The summed E-state index contributed by atoms with van der Waals surface area (Å²) in [5.41, 5.74) is 10.9. The second kappa shape index (κ2) is 19.1. The van der Waals surface area contributed by atoms with Gasteiger partial charge in [0, 0.05) is 18.7 Å². The van der Waals surface area contributed by atoms with E-state index in [1.54, 1.807) is 0 Å². The quantitative estimate of drug-likeness (QED) is 0.0742. The molecule has 0 bridgehead atoms. The number of nitrogen functional groups attached to an aromatic ring is 1. The highest BCUT2D eigenvalue weighted by Gasteiger charge is 2.22. The number of unbranched alkanes of at least 4 members (excludes halogenated alkanes) is 8. The fourth-order valence-electron chi connectivity index (χ4n) is 5.84. The molecule has 0 aliphatic carbocycles. The van der Waals surface area contributed by atoms with E-state index in [1.807, 2.05) is 103 Å². The van der Waals surface area contributed by atoms with Crippen molar-refractivity contribution < 1.29 is 9.59 Å². The third-order valence-corrected chi connectivity index (χ3v) is 8.36. The predicted octanol–water partition coefficient (Wildman–Crippen LogP) is 8.52. The molecular weight excluding hydrogens is 554 g/mol. The molecule has 0 fully saturated rings. The van der Waals surface area contributed by atoms with Crippen LogP contribution in [0.25, 0.3) is 0 Å². The van der Waals surface area contributed by atoms with Crippen LogP contribution in [0.4, 0.5) is 5.69 Å². The van der Waals surface area contributed by atoms with Gasteiger partial charge in [-0.3, -0.25) is 9.59 Å². The number of amides is 2. The normalized spacial score (nSPS) is 11.7. The molecule has 45 heavy (non-hydrogen) atoms. The summed E-state index contributed by atoms with van der Waals surface area (Å²) in [5.74, 6) is -0.0953. The second-order valence-electron chi connectivity index (χ2n) is 12.0. The van der Waals surface area contributed by atoms with Gasteiger partial charge in [-0.25, -0.2) is 0 Å². The zero-order valence-corrected chi connectivity index (χ0v) is 26.5. The molecule has 236 valence electrons. The maximum atomic E-state index is 13.1. The summed E-state index contributed by atoms with van der Waals surface area (Å²) in [6, 6.07) is 38.0. The number of nitrogens with two attached hydrogens (primary N) is 1. The first kappa shape index (κ1) is 33.5. The van der Waals surface area contributed by atoms with E-state index in [2.05, 4.69) is 22.8 Å². The molecule has 5 heteroatoms. The van der Waals surface area contributed by atoms with Crippen LogP contribution in [0.3, 0.4) is 0 Å². The van der Waals surface area contributed by atoms with E-state index in [1.165, 1.54) is 25.7 Å². The monoisotopic (exact) mass is 603 g/mol. The Morgan fingerprint density at radius 3 is 1.56 bits per heavy atom. The molecule has 5 nitrogen and oxygen atoms in total. The van der Waals surface area contributed by atoms with Gasteiger partial charge < -0.3 is 16.4 Å². The summed E-state index contributed by atoms with van der Waals surface area (Å²) >= 11 is 0. The Hall–Kier alpha value is -4.38. The highest BCUT2D eigenvalue weighted by atomic mass is 16.2. The highest BCUT2D eigenvalue weighted by Crippen LogP contribution is 2.25. The first-order valence-electron chi connectivity index (χ1n) is 16.7. The van der Waals surface area contributed by atoms with Crippen LogP contribution in [0.15, 0.2) is 115 Å². The lowest BCUT2D eigenvalue weighted by Gasteiger charge is -2.20. The molecule has 0 heterocycles. The van der Waals surface area contributed by atoms with Gasteiger partial charge in [-0.05, 0) is 53.6 Å². The number of hydrogen-bond donors (Lipinski definition) is 3. The van der Waals surface area contributed by atoms with Crippen molar-refractivity contribution in [3.05, 3.63) is 138 Å². The van der Waals surface area contributed by atoms with E-state index >= 15 is 0 Å². The molecular formula is C40H49N3O2. The van der Waals surface area contributed by atoms with Gasteiger partial charge in [-0.15, -0.1) is 0 Å². The second-order valence-corrected chi connectivity index (χ2v) is 12.0. The lowest BCUT2D eigenvalue weighted by molar-refractivity contribution is -0.122. The number of rotatable bonds is 19. The number of benzene rings is 4. The van der Waals surface area contributed by atoms with Gasteiger partial charge in [0.2, 0.25) is 11.8 Å². The topological polar surface area (TPSA) is 84.2 Å². The Balaban J connectivity index is 1.05. The van der Waals surface area contributed by atoms with E-state index in [-0.39, 0.29) is 23.8 Å². The number of carbonyl (C=O) groups excluding carboxylic acids is 2. The first-order chi connectivity index (χ1) is 22.1. The molecule has 1 unspecified atom stereocenters. The molecule has 0 saturated carbocycles. The molecule has 0 spiro atoms. The Bertz CT molecular complexity index is 1350. The summed E-state index contributed by atoms with van der Waals surface area (Å²) in [7, 11) is 0. The van der Waals surface area contributed by atoms with Crippen molar-refractivity contribution in [1.29, 1.82) is 0 Å². The zero-order chi connectivity index (χ0) is 31.5. The Morgan fingerprint density at radius 2 is 1.02 bits per heavy atom. The van der Waals surface area contributed by atoms with Gasteiger partial charge >= 0.3 is 0 Å². The van der Waals surface area contributed by atoms with Gasteiger partial charge in [0.15, 0.2) is 0 Å². The Morgan fingerprint density at radius 1 is 0.556 bits per heavy atom. The van der Waals surface area contributed by atoms with Crippen LogP contribution in [0.1, 0.15) is 98.4 Å². The number of carbonyl (C=O) groups is 2. The van der Waals surface area contributed by atoms with Crippen LogP contribution < -0.4 is 16.4 Å². The third-order valence-electron chi connectivity index (χ3n) is 8.36. The summed E-state index contributed by atoms with van der Waals surface area (Å²) < 4.78 is 0. The van der Waals surface area contributed by atoms with E-state index in [4.69, 9.17) is 5.73 Å². The maximum absolute atomic E-state index is 13.1. The van der Waals surface area contributed by atoms with Crippen molar-refractivity contribution in [2.45, 2.75) is 82.6 Å². The molecule has 4 aromatic rings. The van der Waals surface area contributed by atoms with Crippen LogP contribution in [-0.4, -0.2) is 18.4 Å². The minimum absolute atomic E-state index is 0.0511. The predicted molar refractivity (Wildman–Crippen MR) is 186 cm³/mol. The Kier molecular flexibility index (Phi) is 14.2.